The minimum Gasteiger partial charge on any atom is -0.444 e. The summed E-state index contributed by atoms with van der Waals surface area (Å²) in [5, 5.41) is 3.65. The summed E-state index contributed by atoms with van der Waals surface area (Å²) in [6.45, 7) is 6.30. The highest BCUT2D eigenvalue weighted by Crippen LogP contribution is 2.31. The molecule has 2 rings (SSSR count). The average Bonchev–Trinajstić information content (AvgIpc) is 2.42. The van der Waals surface area contributed by atoms with Crippen molar-refractivity contribution in [3.05, 3.63) is 45.8 Å². The third kappa shape index (κ3) is 3.67. The second-order valence-electron chi connectivity index (χ2n) is 6.05. The SMILES string of the molecule is CC(C)(C)OC(=O)N1CCc2ccccc2C1CN=[N+]=[N-]. The maximum absolute atomic E-state index is 12.4. The Bertz CT molecular complexity index is 573. The van der Waals surface area contributed by atoms with E-state index in [-0.39, 0.29) is 18.7 Å². The van der Waals surface area contributed by atoms with Gasteiger partial charge in [-0.05, 0) is 43.9 Å². The topological polar surface area (TPSA) is 78.3 Å². The zero-order valence-electron chi connectivity index (χ0n) is 12.6. The normalized spacial score (nSPS) is 17.7. The molecule has 1 atom stereocenters. The molecule has 1 amide bonds. The summed E-state index contributed by atoms with van der Waals surface area (Å²) in [4.78, 5) is 16.8. The second kappa shape index (κ2) is 6.06. The maximum atomic E-state index is 12.4. The van der Waals surface area contributed by atoms with Crippen LogP contribution < -0.4 is 0 Å². The van der Waals surface area contributed by atoms with Crippen molar-refractivity contribution < 1.29 is 9.53 Å². The lowest BCUT2D eigenvalue weighted by Crippen LogP contribution is -2.44. The van der Waals surface area contributed by atoms with Crippen LogP contribution in [-0.2, 0) is 11.2 Å². The zero-order valence-corrected chi connectivity index (χ0v) is 12.6. The van der Waals surface area contributed by atoms with E-state index in [4.69, 9.17) is 10.3 Å². The largest absolute Gasteiger partial charge is 0.444 e. The monoisotopic (exact) mass is 288 g/mol. The first-order valence-electron chi connectivity index (χ1n) is 7.00. The Morgan fingerprint density at radius 1 is 1.48 bits per heavy atom. The molecular formula is C15H20N4O2. The van der Waals surface area contributed by atoms with Crippen LogP contribution in [0.15, 0.2) is 29.4 Å². The highest BCUT2D eigenvalue weighted by Gasteiger charge is 2.32. The van der Waals surface area contributed by atoms with E-state index in [0.29, 0.717) is 6.54 Å². The van der Waals surface area contributed by atoms with Crippen LogP contribution in [0, 0.1) is 0 Å². The van der Waals surface area contributed by atoms with E-state index < -0.39 is 5.60 Å². The first-order chi connectivity index (χ1) is 9.92. The molecule has 0 N–H and O–H groups in total. The van der Waals surface area contributed by atoms with Crippen LogP contribution in [0.4, 0.5) is 4.79 Å². The molecule has 1 unspecified atom stereocenters. The van der Waals surface area contributed by atoms with Crippen molar-refractivity contribution in [3.63, 3.8) is 0 Å². The van der Waals surface area contributed by atoms with Crippen molar-refractivity contribution in [1.29, 1.82) is 0 Å². The van der Waals surface area contributed by atoms with Crippen molar-refractivity contribution in [2.24, 2.45) is 5.11 Å². The smallest absolute Gasteiger partial charge is 0.410 e. The molecule has 0 radical (unpaired) electrons. The van der Waals surface area contributed by atoms with Gasteiger partial charge in [-0.15, -0.1) is 0 Å². The highest BCUT2D eigenvalue weighted by atomic mass is 16.6. The molecule has 6 nitrogen and oxygen atoms in total. The first-order valence-corrected chi connectivity index (χ1v) is 7.00. The molecule has 1 aliphatic rings. The molecule has 112 valence electrons. The Labute approximate surface area is 124 Å². The van der Waals surface area contributed by atoms with Gasteiger partial charge in [-0.2, -0.15) is 0 Å². The number of fused-ring (bicyclic) bond motifs is 1. The minimum atomic E-state index is -0.545. The Hall–Kier alpha value is -2.20. The van der Waals surface area contributed by atoms with E-state index in [1.165, 1.54) is 5.56 Å². The summed E-state index contributed by atoms with van der Waals surface area (Å²) >= 11 is 0. The van der Waals surface area contributed by atoms with Gasteiger partial charge in [0.1, 0.15) is 5.60 Å². The predicted molar refractivity (Wildman–Crippen MR) is 79.8 cm³/mol. The number of carbonyl (C=O) groups excluding carboxylic acids is 1. The quantitative estimate of drug-likeness (QED) is 0.471. The molecule has 0 spiro atoms. The van der Waals surface area contributed by atoms with Gasteiger partial charge < -0.3 is 9.64 Å². The Kier molecular flexibility index (Phi) is 4.38. The van der Waals surface area contributed by atoms with Gasteiger partial charge in [0, 0.05) is 11.5 Å². The van der Waals surface area contributed by atoms with Gasteiger partial charge in [-0.3, -0.25) is 0 Å². The lowest BCUT2D eigenvalue weighted by atomic mass is 9.93. The van der Waals surface area contributed by atoms with Gasteiger partial charge in [0.25, 0.3) is 0 Å². The Morgan fingerprint density at radius 3 is 2.86 bits per heavy atom. The van der Waals surface area contributed by atoms with Crippen LogP contribution in [0.25, 0.3) is 10.4 Å². The van der Waals surface area contributed by atoms with E-state index in [1.54, 1.807) is 4.90 Å². The third-order valence-corrected chi connectivity index (χ3v) is 3.36. The number of benzene rings is 1. The van der Waals surface area contributed by atoms with Gasteiger partial charge in [0.2, 0.25) is 0 Å². The van der Waals surface area contributed by atoms with E-state index in [2.05, 4.69) is 10.0 Å². The van der Waals surface area contributed by atoms with Crippen molar-refractivity contribution in [2.45, 2.75) is 38.8 Å². The Morgan fingerprint density at radius 2 is 2.19 bits per heavy atom. The van der Waals surface area contributed by atoms with Gasteiger partial charge in [0.15, 0.2) is 0 Å². The van der Waals surface area contributed by atoms with E-state index in [0.717, 1.165) is 12.0 Å². The molecule has 21 heavy (non-hydrogen) atoms. The number of hydrogen-bond donors (Lipinski definition) is 0. The molecule has 0 aliphatic carbocycles. The summed E-state index contributed by atoms with van der Waals surface area (Å²) in [7, 11) is 0. The van der Waals surface area contributed by atoms with E-state index >= 15 is 0 Å². The van der Waals surface area contributed by atoms with Gasteiger partial charge in [-0.25, -0.2) is 4.79 Å². The van der Waals surface area contributed by atoms with Crippen LogP contribution in [-0.4, -0.2) is 29.7 Å². The lowest BCUT2D eigenvalue weighted by molar-refractivity contribution is 0.0150. The van der Waals surface area contributed by atoms with Crippen molar-refractivity contribution in [3.8, 4) is 0 Å². The lowest BCUT2D eigenvalue weighted by Gasteiger charge is -2.37. The van der Waals surface area contributed by atoms with Crippen LogP contribution in [0.5, 0.6) is 0 Å². The van der Waals surface area contributed by atoms with Gasteiger partial charge in [-0.1, -0.05) is 29.4 Å². The summed E-state index contributed by atoms with van der Waals surface area (Å²) in [5.74, 6) is 0. The summed E-state index contributed by atoms with van der Waals surface area (Å²) in [5.41, 5.74) is 10.3. The fraction of sp³-hybridized carbons (Fsp3) is 0.533. The molecule has 0 aromatic heterocycles. The fourth-order valence-corrected chi connectivity index (χ4v) is 2.50. The highest BCUT2D eigenvalue weighted by molar-refractivity contribution is 5.69. The van der Waals surface area contributed by atoms with Crippen LogP contribution in [0.1, 0.15) is 37.9 Å². The number of hydrogen-bond acceptors (Lipinski definition) is 3. The zero-order chi connectivity index (χ0) is 15.5. The average molecular weight is 288 g/mol. The summed E-state index contributed by atoms with van der Waals surface area (Å²) in [6, 6.07) is 7.67. The van der Waals surface area contributed by atoms with Crippen molar-refractivity contribution >= 4 is 6.09 Å². The Balaban J connectivity index is 2.29. The number of nitrogens with zero attached hydrogens (tertiary/aromatic N) is 4. The molecule has 0 fully saturated rings. The molecule has 1 aliphatic heterocycles. The van der Waals surface area contributed by atoms with Crippen LogP contribution in [0.3, 0.4) is 0 Å². The van der Waals surface area contributed by atoms with Crippen LogP contribution in [0.2, 0.25) is 0 Å². The van der Waals surface area contributed by atoms with E-state index in [1.807, 2.05) is 45.0 Å². The molecule has 0 saturated carbocycles. The number of amides is 1. The van der Waals surface area contributed by atoms with Crippen LogP contribution >= 0.6 is 0 Å². The molecule has 6 heteroatoms. The second-order valence-corrected chi connectivity index (χ2v) is 6.05. The number of ether oxygens (including phenoxy) is 1. The standard InChI is InChI=1S/C15H20N4O2/c1-15(2,3)21-14(20)19-9-8-11-6-4-5-7-12(11)13(19)10-17-18-16/h4-7,13H,8-10H2,1-3H3. The molecule has 0 saturated heterocycles. The van der Waals surface area contributed by atoms with E-state index in [9.17, 15) is 4.79 Å². The fourth-order valence-electron chi connectivity index (χ4n) is 2.50. The molecule has 1 aromatic rings. The number of azide groups is 1. The molecular weight excluding hydrogens is 268 g/mol. The number of rotatable bonds is 2. The summed E-state index contributed by atoms with van der Waals surface area (Å²) in [6.07, 6.45) is 0.414. The maximum Gasteiger partial charge on any atom is 0.410 e. The number of carbonyl (C=O) groups is 1. The third-order valence-electron chi connectivity index (χ3n) is 3.36. The first kappa shape index (κ1) is 15.2. The van der Waals surface area contributed by atoms with Crippen molar-refractivity contribution in [2.75, 3.05) is 13.1 Å². The summed E-state index contributed by atoms with van der Waals surface area (Å²) < 4.78 is 5.45. The van der Waals surface area contributed by atoms with Gasteiger partial charge >= 0.3 is 6.09 Å². The molecule has 1 heterocycles. The predicted octanol–water partition coefficient (Wildman–Crippen LogP) is 3.83. The van der Waals surface area contributed by atoms with Crippen molar-refractivity contribution in [1.82, 2.24) is 4.90 Å². The molecule has 1 aromatic carbocycles. The molecule has 0 bridgehead atoms. The minimum absolute atomic E-state index is 0.215. The van der Waals surface area contributed by atoms with Gasteiger partial charge in [0.05, 0.1) is 12.6 Å².